The van der Waals surface area contributed by atoms with E-state index in [1.54, 1.807) is 48.5 Å². The van der Waals surface area contributed by atoms with Gasteiger partial charge < -0.3 is 5.11 Å². The fraction of sp³-hybridized carbons (Fsp3) is 0.125. The summed E-state index contributed by atoms with van der Waals surface area (Å²) < 4.78 is 0. The first-order valence-corrected chi connectivity index (χ1v) is 6.03. The number of aliphatic hydroxyl groups is 1. The molecule has 0 aliphatic heterocycles. The maximum atomic E-state index is 12.3. The van der Waals surface area contributed by atoms with Gasteiger partial charge in [0.05, 0.1) is 0 Å². The van der Waals surface area contributed by atoms with Crippen molar-refractivity contribution in [2.75, 3.05) is 0 Å². The summed E-state index contributed by atoms with van der Waals surface area (Å²) in [7, 11) is 0. The molecule has 0 fully saturated rings. The van der Waals surface area contributed by atoms with E-state index in [9.17, 15) is 14.7 Å². The molecule has 19 heavy (non-hydrogen) atoms. The highest BCUT2D eigenvalue weighted by atomic mass is 16.3. The molecule has 0 amide bonds. The number of Topliss-reactive ketones (excluding diaryl/α,β-unsaturated/α-hetero) is 2. The van der Waals surface area contributed by atoms with Crippen molar-refractivity contribution in [1.29, 1.82) is 0 Å². The van der Waals surface area contributed by atoms with Crippen molar-refractivity contribution in [2.24, 2.45) is 0 Å². The fourth-order valence-corrected chi connectivity index (χ4v) is 2.43. The number of aryl methyl sites for hydroxylation is 1. The molecule has 0 unspecified atom stereocenters. The average Bonchev–Trinajstić information content (AvgIpc) is 2.63. The number of carbonyl (C=O) groups excluding carboxylic acids is 2. The summed E-state index contributed by atoms with van der Waals surface area (Å²) in [6.07, 6.45) is 0. The first kappa shape index (κ1) is 11.8. The van der Waals surface area contributed by atoms with Crippen molar-refractivity contribution in [3.63, 3.8) is 0 Å². The van der Waals surface area contributed by atoms with Crippen LogP contribution in [0.4, 0.5) is 0 Å². The van der Waals surface area contributed by atoms with Crippen LogP contribution in [0.1, 0.15) is 31.8 Å². The number of carbonyl (C=O) groups is 2. The van der Waals surface area contributed by atoms with E-state index in [0.29, 0.717) is 5.56 Å². The van der Waals surface area contributed by atoms with Gasteiger partial charge in [0.2, 0.25) is 17.2 Å². The van der Waals surface area contributed by atoms with Crippen LogP contribution in [-0.2, 0) is 5.60 Å². The molecule has 94 valence electrons. The Morgan fingerprint density at radius 2 is 1.32 bits per heavy atom. The molecule has 0 saturated carbocycles. The normalized spacial score (nSPS) is 16.5. The van der Waals surface area contributed by atoms with Crippen LogP contribution >= 0.6 is 0 Å². The largest absolute Gasteiger partial charge is 0.370 e. The summed E-state index contributed by atoms with van der Waals surface area (Å²) in [5.41, 5.74) is -0.171. The smallest absolute Gasteiger partial charge is 0.216 e. The van der Waals surface area contributed by atoms with Crippen LogP contribution in [0.2, 0.25) is 0 Å². The van der Waals surface area contributed by atoms with E-state index < -0.39 is 17.2 Å². The van der Waals surface area contributed by atoms with Crippen LogP contribution in [0.5, 0.6) is 0 Å². The van der Waals surface area contributed by atoms with Crippen molar-refractivity contribution >= 4 is 11.6 Å². The van der Waals surface area contributed by atoms with Gasteiger partial charge in [-0.15, -0.1) is 0 Å². The quantitative estimate of drug-likeness (QED) is 0.792. The van der Waals surface area contributed by atoms with Gasteiger partial charge in [0.15, 0.2) is 0 Å². The maximum Gasteiger partial charge on any atom is 0.216 e. The zero-order valence-corrected chi connectivity index (χ0v) is 10.4. The molecule has 1 aliphatic rings. The number of hydrogen-bond donors (Lipinski definition) is 1. The van der Waals surface area contributed by atoms with E-state index in [-0.39, 0.29) is 11.1 Å². The second-order valence-electron chi connectivity index (χ2n) is 4.78. The topological polar surface area (TPSA) is 54.4 Å². The molecule has 1 aliphatic carbocycles. The lowest BCUT2D eigenvalue weighted by atomic mass is 9.88. The summed E-state index contributed by atoms with van der Waals surface area (Å²) in [5.74, 6) is -1.09. The Kier molecular flexibility index (Phi) is 2.40. The summed E-state index contributed by atoms with van der Waals surface area (Å²) in [5, 5.41) is 10.6. The predicted octanol–water partition coefficient (Wildman–Crippen LogP) is 2.26. The number of ketones is 2. The molecule has 0 aromatic heterocycles. The van der Waals surface area contributed by atoms with Crippen LogP contribution in [0.25, 0.3) is 0 Å². The lowest BCUT2D eigenvalue weighted by Gasteiger charge is -2.19. The Balaban J connectivity index is 2.19. The minimum absolute atomic E-state index is 0.288. The van der Waals surface area contributed by atoms with Crippen LogP contribution in [0.3, 0.4) is 0 Å². The SMILES string of the molecule is Cc1ccc(C2(O)C(=O)c3ccccc3C2=O)cc1. The van der Waals surface area contributed by atoms with Crippen molar-refractivity contribution in [3.8, 4) is 0 Å². The van der Waals surface area contributed by atoms with Crippen LogP contribution in [-0.4, -0.2) is 16.7 Å². The molecular formula is C16H12O3. The third-order valence-electron chi connectivity index (χ3n) is 3.54. The van der Waals surface area contributed by atoms with Gasteiger partial charge in [-0.2, -0.15) is 0 Å². The second-order valence-corrected chi connectivity index (χ2v) is 4.78. The Morgan fingerprint density at radius 3 is 1.79 bits per heavy atom. The molecule has 2 aromatic carbocycles. The molecule has 1 N–H and O–H groups in total. The third-order valence-corrected chi connectivity index (χ3v) is 3.54. The van der Waals surface area contributed by atoms with E-state index in [4.69, 9.17) is 0 Å². The van der Waals surface area contributed by atoms with E-state index in [1.807, 2.05) is 6.92 Å². The lowest BCUT2D eigenvalue weighted by molar-refractivity contribution is 0.0321. The minimum atomic E-state index is -2.07. The second kappa shape index (κ2) is 3.87. The molecule has 0 spiro atoms. The Bertz CT molecular complexity index is 648. The number of rotatable bonds is 1. The van der Waals surface area contributed by atoms with Gasteiger partial charge in [-0.3, -0.25) is 9.59 Å². The first-order valence-electron chi connectivity index (χ1n) is 6.03. The molecule has 0 bridgehead atoms. The Hall–Kier alpha value is -2.26. The van der Waals surface area contributed by atoms with Crippen LogP contribution in [0, 0.1) is 6.92 Å². The molecule has 3 heteroatoms. The van der Waals surface area contributed by atoms with Gasteiger partial charge in [0.25, 0.3) is 0 Å². The number of hydrogen-bond acceptors (Lipinski definition) is 3. The molecule has 0 saturated heterocycles. The molecule has 2 aromatic rings. The molecule has 3 nitrogen and oxygen atoms in total. The molecular weight excluding hydrogens is 240 g/mol. The minimum Gasteiger partial charge on any atom is -0.370 e. The van der Waals surface area contributed by atoms with Crippen molar-refractivity contribution in [2.45, 2.75) is 12.5 Å². The zero-order valence-electron chi connectivity index (χ0n) is 10.4. The van der Waals surface area contributed by atoms with E-state index in [0.717, 1.165) is 5.56 Å². The summed E-state index contributed by atoms with van der Waals surface area (Å²) in [4.78, 5) is 24.7. The highest BCUT2D eigenvalue weighted by Gasteiger charge is 2.52. The molecule has 0 atom stereocenters. The molecule has 3 rings (SSSR count). The maximum absolute atomic E-state index is 12.3. The molecule has 0 heterocycles. The van der Waals surface area contributed by atoms with Crippen molar-refractivity contribution in [1.82, 2.24) is 0 Å². The summed E-state index contributed by atoms with van der Waals surface area (Å²) in [6, 6.07) is 13.3. The summed E-state index contributed by atoms with van der Waals surface area (Å²) in [6.45, 7) is 1.90. The fourth-order valence-electron chi connectivity index (χ4n) is 2.43. The van der Waals surface area contributed by atoms with Gasteiger partial charge in [-0.1, -0.05) is 54.1 Å². The highest BCUT2D eigenvalue weighted by molar-refractivity contribution is 6.31. The van der Waals surface area contributed by atoms with E-state index >= 15 is 0 Å². The Labute approximate surface area is 110 Å². The van der Waals surface area contributed by atoms with Gasteiger partial charge in [0.1, 0.15) is 0 Å². The van der Waals surface area contributed by atoms with Crippen LogP contribution in [0.15, 0.2) is 48.5 Å². The van der Waals surface area contributed by atoms with Crippen molar-refractivity contribution < 1.29 is 14.7 Å². The van der Waals surface area contributed by atoms with E-state index in [2.05, 4.69) is 0 Å². The Morgan fingerprint density at radius 1 is 0.842 bits per heavy atom. The zero-order chi connectivity index (χ0) is 13.6. The van der Waals surface area contributed by atoms with Gasteiger partial charge in [-0.05, 0) is 12.5 Å². The monoisotopic (exact) mass is 252 g/mol. The van der Waals surface area contributed by atoms with Gasteiger partial charge >= 0.3 is 0 Å². The standard InChI is InChI=1S/C16H12O3/c1-10-6-8-11(9-7-10)16(19)14(17)12-4-2-3-5-13(12)15(16)18/h2-9,19H,1H3. The van der Waals surface area contributed by atoms with Gasteiger partial charge in [-0.25, -0.2) is 0 Å². The third kappa shape index (κ3) is 1.48. The first-order chi connectivity index (χ1) is 9.05. The van der Waals surface area contributed by atoms with Crippen LogP contribution < -0.4 is 0 Å². The number of benzene rings is 2. The molecule has 0 radical (unpaired) electrons. The lowest BCUT2D eigenvalue weighted by Crippen LogP contribution is -2.38. The van der Waals surface area contributed by atoms with Crippen molar-refractivity contribution in [3.05, 3.63) is 70.8 Å². The summed E-state index contributed by atoms with van der Waals surface area (Å²) >= 11 is 0. The van der Waals surface area contributed by atoms with Gasteiger partial charge in [0, 0.05) is 11.1 Å². The highest BCUT2D eigenvalue weighted by Crippen LogP contribution is 2.37. The number of fused-ring (bicyclic) bond motifs is 1. The van der Waals surface area contributed by atoms with E-state index in [1.165, 1.54) is 0 Å². The predicted molar refractivity (Wildman–Crippen MR) is 70.2 cm³/mol. The average molecular weight is 252 g/mol.